The van der Waals surface area contributed by atoms with Crippen molar-refractivity contribution < 1.29 is 4.79 Å². The van der Waals surface area contributed by atoms with Gasteiger partial charge in [0, 0.05) is 10.9 Å². The number of carbonyl (C=O) groups is 1. The smallest absolute Gasteiger partial charge is 0.303 e. The maximum atomic E-state index is 10.9. The first-order chi connectivity index (χ1) is 7.67. The van der Waals surface area contributed by atoms with Crippen molar-refractivity contribution in [2.45, 2.75) is 18.2 Å². The molecule has 1 atom stereocenters. The van der Waals surface area contributed by atoms with Crippen molar-refractivity contribution in [2.75, 3.05) is 6.26 Å². The molecule has 2 N–H and O–H groups in total. The summed E-state index contributed by atoms with van der Waals surface area (Å²) in [5.74, 6) is 0.124. The van der Waals surface area contributed by atoms with Crippen LogP contribution in [0.3, 0.4) is 0 Å². The highest BCUT2D eigenvalue weighted by atomic mass is 32.2. The average molecular weight is 238 g/mol. The van der Waals surface area contributed by atoms with Crippen molar-refractivity contribution in [1.29, 1.82) is 0 Å². The monoisotopic (exact) mass is 238 g/mol. The Labute approximate surface area is 98.6 Å². The minimum absolute atomic E-state index is 0.354. The molecule has 16 heavy (non-hydrogen) atoms. The number of nitrogens with two attached hydrogens (primary N) is 1. The Bertz CT molecular complexity index is 382. The molecule has 0 radical (unpaired) electrons. The zero-order valence-electron chi connectivity index (χ0n) is 9.05. The van der Waals surface area contributed by atoms with Crippen LogP contribution in [-0.2, 0) is 17.0 Å². The minimum atomic E-state index is -0.831. The predicted octanol–water partition coefficient (Wildman–Crippen LogP) is 1.71. The van der Waals surface area contributed by atoms with Crippen LogP contribution in [0.15, 0.2) is 29.4 Å². The Balaban J connectivity index is 2.69. The first-order valence-corrected chi connectivity index (χ1v) is 6.26. The molecule has 4 nitrogen and oxygen atoms in total. The van der Waals surface area contributed by atoms with Crippen molar-refractivity contribution >= 4 is 17.7 Å². The first-order valence-electron chi connectivity index (χ1n) is 4.87. The SMILES string of the molecule is CSCc1cccc(CC(N)C(=O)N=O)c1. The van der Waals surface area contributed by atoms with Gasteiger partial charge in [-0.3, -0.25) is 4.79 Å². The van der Waals surface area contributed by atoms with Crippen LogP contribution < -0.4 is 5.73 Å². The lowest BCUT2D eigenvalue weighted by Gasteiger charge is -2.07. The second kappa shape index (κ2) is 6.40. The zero-order valence-corrected chi connectivity index (χ0v) is 9.87. The fourth-order valence-corrected chi connectivity index (χ4v) is 1.93. The van der Waals surface area contributed by atoms with Gasteiger partial charge in [-0.1, -0.05) is 24.3 Å². The molecule has 0 aliphatic carbocycles. The summed E-state index contributed by atoms with van der Waals surface area (Å²) in [7, 11) is 0. The Morgan fingerprint density at radius 1 is 1.50 bits per heavy atom. The van der Waals surface area contributed by atoms with E-state index in [1.807, 2.05) is 30.5 Å². The Morgan fingerprint density at radius 2 is 2.19 bits per heavy atom. The lowest BCUT2D eigenvalue weighted by atomic mass is 10.0. The summed E-state index contributed by atoms with van der Waals surface area (Å²) >= 11 is 1.73. The largest absolute Gasteiger partial charge is 0.319 e. The van der Waals surface area contributed by atoms with Crippen LogP contribution in [0.5, 0.6) is 0 Å². The van der Waals surface area contributed by atoms with Crippen LogP contribution in [0.4, 0.5) is 0 Å². The van der Waals surface area contributed by atoms with Gasteiger partial charge in [0.25, 0.3) is 0 Å². The van der Waals surface area contributed by atoms with Gasteiger partial charge < -0.3 is 5.73 Å². The third kappa shape index (κ3) is 3.75. The quantitative estimate of drug-likeness (QED) is 0.793. The summed E-state index contributed by atoms with van der Waals surface area (Å²) in [6.07, 6.45) is 2.38. The Kier molecular flexibility index (Phi) is 5.14. The number of nitroso groups, excluding NO2 is 1. The fourth-order valence-electron chi connectivity index (χ4n) is 1.42. The van der Waals surface area contributed by atoms with E-state index in [1.54, 1.807) is 11.8 Å². The molecule has 0 saturated heterocycles. The van der Waals surface area contributed by atoms with E-state index in [2.05, 4.69) is 5.18 Å². The van der Waals surface area contributed by atoms with Gasteiger partial charge in [-0.05, 0) is 23.8 Å². The van der Waals surface area contributed by atoms with Gasteiger partial charge in [-0.2, -0.15) is 11.8 Å². The van der Waals surface area contributed by atoms with Crippen molar-refractivity contribution in [3.8, 4) is 0 Å². The van der Waals surface area contributed by atoms with E-state index in [-0.39, 0.29) is 0 Å². The highest BCUT2D eigenvalue weighted by molar-refractivity contribution is 7.97. The summed E-state index contributed by atoms with van der Waals surface area (Å²) in [5, 5.41) is 2.33. The number of hydrogen-bond acceptors (Lipinski definition) is 4. The second-order valence-electron chi connectivity index (χ2n) is 3.49. The van der Waals surface area contributed by atoms with Crippen LogP contribution in [0.2, 0.25) is 0 Å². The second-order valence-corrected chi connectivity index (χ2v) is 4.36. The number of thioether (sulfide) groups is 1. The summed E-state index contributed by atoms with van der Waals surface area (Å²) < 4.78 is 0. The third-order valence-electron chi connectivity index (χ3n) is 2.17. The molecule has 1 aromatic rings. The van der Waals surface area contributed by atoms with Crippen molar-refractivity contribution in [1.82, 2.24) is 0 Å². The molecule has 0 aromatic heterocycles. The van der Waals surface area contributed by atoms with Crippen LogP contribution >= 0.6 is 11.8 Å². The summed E-state index contributed by atoms with van der Waals surface area (Å²) in [4.78, 5) is 20.9. The van der Waals surface area contributed by atoms with Gasteiger partial charge in [-0.15, -0.1) is 4.91 Å². The maximum absolute atomic E-state index is 10.9. The number of hydrogen-bond donors (Lipinski definition) is 1. The molecule has 0 spiro atoms. The summed E-state index contributed by atoms with van der Waals surface area (Å²) in [6, 6.07) is 7.00. The van der Waals surface area contributed by atoms with E-state index >= 15 is 0 Å². The van der Waals surface area contributed by atoms with Gasteiger partial charge in [-0.25, -0.2) is 0 Å². The van der Waals surface area contributed by atoms with Crippen molar-refractivity contribution in [2.24, 2.45) is 10.9 Å². The normalized spacial score (nSPS) is 12.1. The summed E-state index contributed by atoms with van der Waals surface area (Å²) in [5.41, 5.74) is 7.67. The van der Waals surface area contributed by atoms with Crippen LogP contribution in [-0.4, -0.2) is 18.2 Å². The minimum Gasteiger partial charge on any atom is -0.319 e. The molecule has 0 aliphatic heterocycles. The standard InChI is InChI=1S/C11H14N2O2S/c1-16-7-9-4-2-3-8(5-9)6-10(12)11(14)13-15/h2-5,10H,6-7,12H2,1H3. The Morgan fingerprint density at radius 3 is 2.81 bits per heavy atom. The first kappa shape index (κ1) is 12.9. The molecule has 0 heterocycles. The topological polar surface area (TPSA) is 72.5 Å². The van der Waals surface area contributed by atoms with Crippen LogP contribution in [0, 0.1) is 4.91 Å². The molecule has 0 aliphatic rings. The van der Waals surface area contributed by atoms with Crippen LogP contribution in [0.1, 0.15) is 11.1 Å². The highest BCUT2D eigenvalue weighted by Gasteiger charge is 2.14. The number of carbonyl (C=O) groups excluding carboxylic acids is 1. The fraction of sp³-hybridized carbons (Fsp3) is 0.364. The molecule has 1 amide bonds. The molecule has 1 rings (SSSR count). The number of rotatable bonds is 5. The molecule has 1 aromatic carbocycles. The lowest BCUT2D eigenvalue weighted by molar-refractivity contribution is -0.119. The predicted molar refractivity (Wildman–Crippen MR) is 66.1 cm³/mol. The molecule has 5 heteroatoms. The molecular formula is C11H14N2O2S. The van der Waals surface area contributed by atoms with E-state index in [4.69, 9.17) is 5.73 Å². The van der Waals surface area contributed by atoms with E-state index in [0.717, 1.165) is 11.3 Å². The average Bonchev–Trinajstić information content (AvgIpc) is 2.29. The van der Waals surface area contributed by atoms with E-state index in [1.165, 1.54) is 5.56 Å². The highest BCUT2D eigenvalue weighted by Crippen LogP contribution is 2.12. The molecule has 1 unspecified atom stereocenters. The van der Waals surface area contributed by atoms with E-state index < -0.39 is 11.9 Å². The lowest BCUT2D eigenvalue weighted by Crippen LogP contribution is -2.31. The van der Waals surface area contributed by atoms with E-state index in [0.29, 0.717) is 6.42 Å². The molecular weight excluding hydrogens is 224 g/mol. The molecule has 0 saturated carbocycles. The third-order valence-corrected chi connectivity index (χ3v) is 2.79. The van der Waals surface area contributed by atoms with Gasteiger partial charge in [0.1, 0.15) is 0 Å². The van der Waals surface area contributed by atoms with Crippen molar-refractivity contribution in [3.63, 3.8) is 0 Å². The molecule has 86 valence electrons. The van der Waals surface area contributed by atoms with E-state index in [9.17, 15) is 9.70 Å². The Hall–Kier alpha value is -1.20. The number of nitrogens with zero attached hydrogens (tertiary/aromatic N) is 1. The molecule has 0 bridgehead atoms. The van der Waals surface area contributed by atoms with Gasteiger partial charge in [0.15, 0.2) is 0 Å². The van der Waals surface area contributed by atoms with Gasteiger partial charge >= 0.3 is 5.91 Å². The number of amides is 1. The number of benzene rings is 1. The van der Waals surface area contributed by atoms with Gasteiger partial charge in [0.05, 0.1) is 6.04 Å². The van der Waals surface area contributed by atoms with Gasteiger partial charge in [0.2, 0.25) is 0 Å². The molecule has 0 fully saturated rings. The summed E-state index contributed by atoms with van der Waals surface area (Å²) in [6.45, 7) is 0. The van der Waals surface area contributed by atoms with Crippen molar-refractivity contribution in [3.05, 3.63) is 40.3 Å². The maximum Gasteiger partial charge on any atom is 0.303 e. The zero-order chi connectivity index (χ0) is 12.0. The van der Waals surface area contributed by atoms with Crippen LogP contribution in [0.25, 0.3) is 0 Å².